The molecule has 4 nitrogen and oxygen atoms in total. The van der Waals surface area contributed by atoms with Crippen LogP contribution in [0.25, 0.3) is 16.9 Å². The summed E-state index contributed by atoms with van der Waals surface area (Å²) in [7, 11) is 0. The Morgan fingerprint density at radius 2 is 1.63 bits per heavy atom. The number of aromatic nitrogens is 2. The van der Waals surface area contributed by atoms with Crippen molar-refractivity contribution in [2.75, 3.05) is 5.32 Å². The molecule has 0 aliphatic heterocycles. The minimum absolute atomic E-state index is 0.0478. The first-order valence-electron chi connectivity index (χ1n) is 10.2. The van der Waals surface area contributed by atoms with Crippen LogP contribution in [-0.4, -0.2) is 15.3 Å². The van der Waals surface area contributed by atoms with Gasteiger partial charge in [0.1, 0.15) is 5.65 Å². The highest BCUT2D eigenvalue weighted by atomic mass is 16.1. The van der Waals surface area contributed by atoms with E-state index in [1.807, 2.05) is 55.6 Å². The summed E-state index contributed by atoms with van der Waals surface area (Å²) in [5.74, 6) is -0.0478. The van der Waals surface area contributed by atoms with Gasteiger partial charge in [0.05, 0.1) is 17.8 Å². The lowest BCUT2D eigenvalue weighted by Crippen LogP contribution is -2.16. The number of aryl methyl sites for hydroxylation is 5. The van der Waals surface area contributed by atoms with E-state index in [0.29, 0.717) is 0 Å². The normalized spacial score (nSPS) is 11.1. The molecule has 0 unspecified atom stereocenters. The molecule has 1 amide bonds. The van der Waals surface area contributed by atoms with Crippen molar-refractivity contribution in [2.24, 2.45) is 0 Å². The van der Waals surface area contributed by atoms with Crippen LogP contribution in [0.15, 0.2) is 54.7 Å². The van der Waals surface area contributed by atoms with E-state index in [9.17, 15) is 4.79 Å². The molecule has 0 fully saturated rings. The molecular weight excluding hydrogens is 370 g/mol. The molecular formula is C26H27N3O. The Kier molecular flexibility index (Phi) is 5.17. The highest BCUT2D eigenvalue weighted by molar-refractivity contribution is 5.93. The molecule has 0 spiro atoms. The van der Waals surface area contributed by atoms with Gasteiger partial charge < -0.3 is 9.72 Å². The third-order valence-electron chi connectivity index (χ3n) is 5.56. The van der Waals surface area contributed by atoms with Crippen molar-refractivity contribution in [1.82, 2.24) is 9.38 Å². The molecule has 0 aliphatic rings. The molecule has 4 aromatic rings. The number of fused-ring (bicyclic) bond motifs is 1. The van der Waals surface area contributed by atoms with Crippen LogP contribution >= 0.6 is 0 Å². The van der Waals surface area contributed by atoms with Gasteiger partial charge in [0, 0.05) is 17.4 Å². The lowest BCUT2D eigenvalue weighted by molar-refractivity contribution is -0.115. The van der Waals surface area contributed by atoms with Crippen LogP contribution in [0.5, 0.6) is 0 Å². The topological polar surface area (TPSA) is 46.4 Å². The quantitative estimate of drug-likeness (QED) is 0.478. The van der Waals surface area contributed by atoms with Crippen molar-refractivity contribution in [2.45, 2.75) is 41.0 Å². The Morgan fingerprint density at radius 1 is 0.900 bits per heavy atom. The predicted octanol–water partition coefficient (Wildman–Crippen LogP) is 5.72. The van der Waals surface area contributed by atoms with Crippen LogP contribution in [0.4, 0.5) is 5.69 Å². The molecule has 0 bridgehead atoms. The predicted molar refractivity (Wildman–Crippen MR) is 123 cm³/mol. The van der Waals surface area contributed by atoms with Crippen LogP contribution in [0.3, 0.4) is 0 Å². The number of imidazole rings is 1. The van der Waals surface area contributed by atoms with Gasteiger partial charge in [0.15, 0.2) is 0 Å². The minimum Gasteiger partial charge on any atom is -0.326 e. The van der Waals surface area contributed by atoms with Gasteiger partial charge in [-0.2, -0.15) is 0 Å². The summed E-state index contributed by atoms with van der Waals surface area (Å²) >= 11 is 0. The monoisotopic (exact) mass is 397 g/mol. The van der Waals surface area contributed by atoms with Gasteiger partial charge in [-0.15, -0.1) is 0 Å². The molecule has 0 aliphatic carbocycles. The SMILES string of the molecule is Cc1cc(C)cc(NC(=O)Cc2c(-c3ccc(C)c(C)c3)nc3c(C)cccn23)c1. The van der Waals surface area contributed by atoms with Crippen molar-refractivity contribution in [3.8, 4) is 11.3 Å². The molecule has 4 rings (SSSR count). The van der Waals surface area contributed by atoms with Gasteiger partial charge in [0.25, 0.3) is 0 Å². The zero-order chi connectivity index (χ0) is 21.4. The highest BCUT2D eigenvalue weighted by Crippen LogP contribution is 2.28. The largest absolute Gasteiger partial charge is 0.326 e. The maximum atomic E-state index is 13.0. The summed E-state index contributed by atoms with van der Waals surface area (Å²) in [5, 5.41) is 3.06. The van der Waals surface area contributed by atoms with E-state index in [1.165, 1.54) is 11.1 Å². The number of carbonyl (C=O) groups is 1. The van der Waals surface area contributed by atoms with Crippen LogP contribution in [0.1, 0.15) is 33.5 Å². The third kappa shape index (κ3) is 3.86. The van der Waals surface area contributed by atoms with Gasteiger partial charge >= 0.3 is 0 Å². The smallest absolute Gasteiger partial charge is 0.230 e. The number of amides is 1. The Balaban J connectivity index is 1.75. The van der Waals surface area contributed by atoms with Crippen molar-refractivity contribution in [3.63, 3.8) is 0 Å². The lowest BCUT2D eigenvalue weighted by Gasteiger charge is -2.10. The van der Waals surface area contributed by atoms with Crippen LogP contribution in [0, 0.1) is 34.6 Å². The second kappa shape index (κ2) is 7.79. The molecule has 0 saturated heterocycles. The summed E-state index contributed by atoms with van der Waals surface area (Å²) < 4.78 is 2.04. The van der Waals surface area contributed by atoms with Gasteiger partial charge in [0.2, 0.25) is 5.91 Å². The molecule has 0 atom stereocenters. The fourth-order valence-corrected chi connectivity index (χ4v) is 3.95. The zero-order valence-electron chi connectivity index (χ0n) is 18.2. The summed E-state index contributed by atoms with van der Waals surface area (Å²) in [5.41, 5.74) is 10.3. The average molecular weight is 398 g/mol. The average Bonchev–Trinajstić information content (AvgIpc) is 3.03. The number of pyridine rings is 1. The summed E-state index contributed by atoms with van der Waals surface area (Å²) in [6.45, 7) is 10.3. The van der Waals surface area contributed by atoms with Gasteiger partial charge in [-0.05, 0) is 86.7 Å². The number of anilines is 1. The Hall–Kier alpha value is -3.40. The van der Waals surface area contributed by atoms with Crippen molar-refractivity contribution >= 4 is 17.2 Å². The lowest BCUT2D eigenvalue weighted by atomic mass is 10.0. The van der Waals surface area contributed by atoms with Crippen molar-refractivity contribution < 1.29 is 4.79 Å². The van der Waals surface area contributed by atoms with Crippen LogP contribution in [-0.2, 0) is 11.2 Å². The van der Waals surface area contributed by atoms with Crippen molar-refractivity contribution in [1.29, 1.82) is 0 Å². The first-order chi connectivity index (χ1) is 14.3. The van der Waals surface area contributed by atoms with E-state index in [4.69, 9.17) is 4.98 Å². The molecule has 152 valence electrons. The molecule has 1 N–H and O–H groups in total. The minimum atomic E-state index is -0.0478. The zero-order valence-corrected chi connectivity index (χ0v) is 18.2. The summed E-state index contributed by atoms with van der Waals surface area (Å²) in [6, 6.07) is 16.5. The molecule has 0 radical (unpaired) electrons. The van der Waals surface area contributed by atoms with E-state index >= 15 is 0 Å². The fraction of sp³-hybridized carbons (Fsp3) is 0.231. The molecule has 2 heterocycles. The Morgan fingerprint density at radius 3 is 2.33 bits per heavy atom. The first kappa shape index (κ1) is 19.9. The number of nitrogens with one attached hydrogen (secondary N) is 1. The number of hydrogen-bond acceptors (Lipinski definition) is 2. The van der Waals surface area contributed by atoms with E-state index < -0.39 is 0 Å². The second-order valence-electron chi connectivity index (χ2n) is 8.19. The van der Waals surface area contributed by atoms with Gasteiger partial charge in [-0.25, -0.2) is 4.98 Å². The van der Waals surface area contributed by atoms with Crippen LogP contribution < -0.4 is 5.32 Å². The first-order valence-corrected chi connectivity index (χ1v) is 10.2. The Bertz CT molecular complexity index is 1250. The highest BCUT2D eigenvalue weighted by Gasteiger charge is 2.18. The second-order valence-corrected chi connectivity index (χ2v) is 8.19. The van der Waals surface area contributed by atoms with E-state index in [2.05, 4.69) is 43.4 Å². The summed E-state index contributed by atoms with van der Waals surface area (Å²) in [4.78, 5) is 17.9. The van der Waals surface area contributed by atoms with Gasteiger partial charge in [-0.1, -0.05) is 24.3 Å². The van der Waals surface area contributed by atoms with Gasteiger partial charge in [-0.3, -0.25) is 4.79 Å². The molecule has 30 heavy (non-hydrogen) atoms. The molecule has 2 aromatic carbocycles. The number of hydrogen-bond donors (Lipinski definition) is 1. The number of benzene rings is 2. The van der Waals surface area contributed by atoms with Crippen LogP contribution in [0.2, 0.25) is 0 Å². The Labute approximate surface area is 177 Å². The van der Waals surface area contributed by atoms with Crippen molar-refractivity contribution in [3.05, 3.63) is 88.2 Å². The fourth-order valence-electron chi connectivity index (χ4n) is 3.95. The third-order valence-corrected chi connectivity index (χ3v) is 5.56. The number of rotatable bonds is 4. The van der Waals surface area contributed by atoms with E-state index in [-0.39, 0.29) is 12.3 Å². The molecule has 4 heteroatoms. The maximum absolute atomic E-state index is 13.0. The van der Waals surface area contributed by atoms with E-state index in [0.717, 1.165) is 45.0 Å². The number of carbonyl (C=O) groups excluding carboxylic acids is 1. The maximum Gasteiger partial charge on any atom is 0.230 e. The summed E-state index contributed by atoms with van der Waals surface area (Å²) in [6.07, 6.45) is 2.24. The number of nitrogens with zero attached hydrogens (tertiary/aromatic N) is 2. The standard InChI is InChI=1S/C26H27N3O/c1-16-11-17(2)13-22(12-16)27-24(30)15-23-25(21-9-8-18(3)20(5)14-21)28-26-19(4)7-6-10-29(23)26/h6-14H,15H2,1-5H3,(H,27,30). The molecule has 0 saturated carbocycles. The van der Waals surface area contributed by atoms with E-state index in [1.54, 1.807) is 0 Å². The molecule has 2 aromatic heterocycles.